The first-order chi connectivity index (χ1) is 10.8. The van der Waals surface area contributed by atoms with Crippen LogP contribution < -0.4 is 10.5 Å². The lowest BCUT2D eigenvalue weighted by molar-refractivity contribution is 0.306. The van der Waals surface area contributed by atoms with Gasteiger partial charge < -0.3 is 10.5 Å². The molecular formula is C19H22N2O. The number of benzene rings is 2. The third-order valence-electron chi connectivity index (χ3n) is 3.11. The van der Waals surface area contributed by atoms with Crippen molar-refractivity contribution in [3.63, 3.8) is 0 Å². The minimum atomic E-state index is 0.640. The van der Waals surface area contributed by atoms with Crippen molar-refractivity contribution in [2.24, 2.45) is 5.73 Å². The van der Waals surface area contributed by atoms with Gasteiger partial charge in [-0.25, -0.2) is 4.98 Å². The van der Waals surface area contributed by atoms with E-state index in [-0.39, 0.29) is 0 Å². The van der Waals surface area contributed by atoms with E-state index >= 15 is 0 Å². The van der Waals surface area contributed by atoms with Crippen LogP contribution in [0.1, 0.15) is 18.9 Å². The molecule has 2 aromatic carbocycles. The number of nitrogens with zero attached hydrogens (tertiary/aromatic N) is 1. The monoisotopic (exact) mass is 294 g/mol. The van der Waals surface area contributed by atoms with Gasteiger partial charge in [-0.3, -0.25) is 0 Å². The average molecular weight is 294 g/mol. The lowest BCUT2D eigenvalue weighted by Crippen LogP contribution is -1.96. The maximum atomic E-state index is 5.45. The highest BCUT2D eigenvalue weighted by atomic mass is 16.5. The molecule has 3 nitrogen and oxygen atoms in total. The van der Waals surface area contributed by atoms with Gasteiger partial charge in [-0.05, 0) is 24.1 Å². The van der Waals surface area contributed by atoms with Gasteiger partial charge in [0.25, 0.3) is 0 Å². The fourth-order valence-corrected chi connectivity index (χ4v) is 1.95. The maximum Gasteiger partial charge on any atom is 0.213 e. The van der Waals surface area contributed by atoms with Crippen molar-refractivity contribution < 1.29 is 4.74 Å². The quantitative estimate of drug-likeness (QED) is 0.785. The summed E-state index contributed by atoms with van der Waals surface area (Å²) >= 11 is 0. The molecule has 114 valence electrons. The zero-order chi connectivity index (χ0) is 15.6. The molecule has 0 radical (unpaired) electrons. The molecule has 3 heteroatoms. The summed E-state index contributed by atoms with van der Waals surface area (Å²) in [5.74, 6) is 0.713. The van der Waals surface area contributed by atoms with Crippen LogP contribution in [0.4, 0.5) is 0 Å². The van der Waals surface area contributed by atoms with Crippen LogP contribution in [-0.2, 0) is 6.54 Å². The van der Waals surface area contributed by atoms with Gasteiger partial charge in [-0.1, -0.05) is 55.5 Å². The molecule has 3 aromatic rings. The summed E-state index contributed by atoms with van der Waals surface area (Å²) in [6.45, 7) is 3.45. The second-order valence-electron chi connectivity index (χ2n) is 4.88. The number of pyridine rings is 1. The zero-order valence-electron chi connectivity index (χ0n) is 12.9. The van der Waals surface area contributed by atoms with Crippen LogP contribution in [0.2, 0.25) is 0 Å². The highest BCUT2D eigenvalue weighted by Gasteiger charge is 1.97. The van der Waals surface area contributed by atoms with Gasteiger partial charge in [0.15, 0.2) is 0 Å². The Balaban J connectivity index is 0.000000188. The molecule has 0 atom stereocenters. The van der Waals surface area contributed by atoms with Crippen LogP contribution in [0, 0.1) is 0 Å². The van der Waals surface area contributed by atoms with Gasteiger partial charge in [0, 0.05) is 18.0 Å². The van der Waals surface area contributed by atoms with Crippen molar-refractivity contribution in [2.45, 2.75) is 19.9 Å². The van der Waals surface area contributed by atoms with Crippen LogP contribution in [-0.4, -0.2) is 11.6 Å². The first-order valence-electron chi connectivity index (χ1n) is 7.56. The molecular weight excluding hydrogens is 272 g/mol. The van der Waals surface area contributed by atoms with E-state index in [1.807, 2.05) is 66.7 Å². The van der Waals surface area contributed by atoms with E-state index in [4.69, 9.17) is 10.5 Å². The number of hydrogen-bond donors (Lipinski definition) is 1. The molecule has 0 saturated carbocycles. The molecule has 1 heterocycles. The largest absolute Gasteiger partial charge is 0.478 e. The first-order valence-corrected chi connectivity index (χ1v) is 7.56. The second kappa shape index (κ2) is 8.80. The smallest absolute Gasteiger partial charge is 0.213 e. The minimum absolute atomic E-state index is 0.640. The highest BCUT2D eigenvalue weighted by molar-refractivity contribution is 5.78. The Kier molecular flexibility index (Phi) is 6.39. The molecule has 0 unspecified atom stereocenters. The number of fused-ring (bicyclic) bond motifs is 1. The van der Waals surface area contributed by atoms with Crippen molar-refractivity contribution in [1.29, 1.82) is 0 Å². The lowest BCUT2D eigenvalue weighted by Gasteiger charge is -2.03. The van der Waals surface area contributed by atoms with Crippen LogP contribution in [0.5, 0.6) is 5.88 Å². The molecule has 0 spiro atoms. The van der Waals surface area contributed by atoms with Crippen LogP contribution in [0.3, 0.4) is 0 Å². The predicted octanol–water partition coefficient (Wildman–Crippen LogP) is 4.17. The summed E-state index contributed by atoms with van der Waals surface area (Å²) in [6.07, 6.45) is 1.01. The summed E-state index contributed by atoms with van der Waals surface area (Å²) in [6, 6.07) is 22.0. The summed E-state index contributed by atoms with van der Waals surface area (Å²) in [5.41, 5.74) is 7.52. The first kappa shape index (κ1) is 16.0. The molecule has 22 heavy (non-hydrogen) atoms. The van der Waals surface area contributed by atoms with E-state index in [1.54, 1.807) is 0 Å². The summed E-state index contributed by atoms with van der Waals surface area (Å²) < 4.78 is 5.45. The van der Waals surface area contributed by atoms with Crippen molar-refractivity contribution in [1.82, 2.24) is 4.98 Å². The number of hydrogen-bond acceptors (Lipinski definition) is 3. The standard InChI is InChI=1S/C12H13NO.C7H9N/c1-2-9-14-12-8-7-10-5-3-4-6-11(10)13-12;8-6-7-4-2-1-3-5-7/h3-8H,2,9H2,1H3;1-5H,6,8H2. The fraction of sp³-hybridized carbons (Fsp3) is 0.211. The van der Waals surface area contributed by atoms with E-state index in [0.29, 0.717) is 12.4 Å². The average Bonchev–Trinajstić information content (AvgIpc) is 2.61. The van der Waals surface area contributed by atoms with E-state index in [9.17, 15) is 0 Å². The van der Waals surface area contributed by atoms with Crippen LogP contribution in [0.25, 0.3) is 10.9 Å². The molecule has 0 fully saturated rings. The molecule has 0 amide bonds. The van der Waals surface area contributed by atoms with Gasteiger partial charge in [-0.15, -0.1) is 0 Å². The van der Waals surface area contributed by atoms with Crippen molar-refractivity contribution in [2.75, 3.05) is 6.61 Å². The highest BCUT2D eigenvalue weighted by Crippen LogP contribution is 2.15. The van der Waals surface area contributed by atoms with Gasteiger partial charge >= 0.3 is 0 Å². The summed E-state index contributed by atoms with van der Waals surface area (Å²) in [7, 11) is 0. The molecule has 3 rings (SSSR count). The van der Waals surface area contributed by atoms with Gasteiger partial charge in [0.1, 0.15) is 0 Å². The van der Waals surface area contributed by atoms with E-state index in [1.165, 1.54) is 5.56 Å². The Morgan fingerprint density at radius 2 is 1.64 bits per heavy atom. The Hall–Kier alpha value is -2.39. The van der Waals surface area contributed by atoms with Crippen molar-refractivity contribution in [3.05, 3.63) is 72.3 Å². The third kappa shape index (κ3) is 4.86. The number of para-hydroxylation sites is 1. The summed E-state index contributed by atoms with van der Waals surface area (Å²) in [4.78, 5) is 4.39. The maximum absolute atomic E-state index is 5.45. The van der Waals surface area contributed by atoms with Crippen LogP contribution >= 0.6 is 0 Å². The van der Waals surface area contributed by atoms with Crippen LogP contribution in [0.15, 0.2) is 66.7 Å². The van der Waals surface area contributed by atoms with Crippen molar-refractivity contribution >= 4 is 10.9 Å². The number of rotatable bonds is 4. The second-order valence-corrected chi connectivity index (χ2v) is 4.88. The summed E-state index contributed by atoms with van der Waals surface area (Å²) in [5, 5.41) is 1.15. The Morgan fingerprint density at radius 1 is 0.909 bits per heavy atom. The van der Waals surface area contributed by atoms with E-state index < -0.39 is 0 Å². The zero-order valence-corrected chi connectivity index (χ0v) is 12.9. The SMILES string of the molecule is CCCOc1ccc2ccccc2n1.NCc1ccccc1. The number of ether oxygens (including phenoxy) is 1. The fourth-order valence-electron chi connectivity index (χ4n) is 1.95. The molecule has 0 aliphatic carbocycles. The Labute approximate surface area is 131 Å². The normalized spacial score (nSPS) is 9.91. The van der Waals surface area contributed by atoms with Gasteiger partial charge in [-0.2, -0.15) is 0 Å². The van der Waals surface area contributed by atoms with E-state index in [2.05, 4.69) is 11.9 Å². The molecule has 2 N–H and O–H groups in total. The molecule has 0 aliphatic heterocycles. The molecule has 0 saturated heterocycles. The molecule has 0 aliphatic rings. The Morgan fingerprint density at radius 3 is 2.32 bits per heavy atom. The van der Waals surface area contributed by atoms with Gasteiger partial charge in [0.05, 0.1) is 12.1 Å². The predicted molar refractivity (Wildman–Crippen MR) is 91.9 cm³/mol. The van der Waals surface area contributed by atoms with Gasteiger partial charge in [0.2, 0.25) is 5.88 Å². The third-order valence-corrected chi connectivity index (χ3v) is 3.11. The minimum Gasteiger partial charge on any atom is -0.478 e. The molecule has 0 bridgehead atoms. The molecule has 1 aromatic heterocycles. The Bertz CT molecular complexity index is 683. The van der Waals surface area contributed by atoms with Crippen molar-refractivity contribution in [3.8, 4) is 5.88 Å². The number of aromatic nitrogens is 1. The topological polar surface area (TPSA) is 48.1 Å². The lowest BCUT2D eigenvalue weighted by atomic mass is 10.2. The number of nitrogens with two attached hydrogens (primary N) is 1. The van der Waals surface area contributed by atoms with E-state index in [0.717, 1.165) is 23.9 Å².